The lowest BCUT2D eigenvalue weighted by Gasteiger charge is -2.38. The number of primary amides is 1. The van der Waals surface area contributed by atoms with Crippen LogP contribution in [0.3, 0.4) is 0 Å². The normalized spacial score (nSPS) is 20.6. The number of carbonyl (C=O) groups excluding carboxylic acids is 1. The Morgan fingerprint density at radius 1 is 1.19 bits per heavy atom. The van der Waals surface area contributed by atoms with E-state index in [4.69, 9.17) is 5.73 Å². The Kier molecular flexibility index (Phi) is 5.15. The standard InChI is InChI=1S/C18H18F3N5O/c19-18(20,21)17(10-14(16(22)27)25-26-17)15(13-4-2-1-3-5-13)24-11-12-6-8-23-9-7-12/h1-10,15,24-26H,11H2,(H2,22,27). The SMILES string of the molecule is NC(=O)C1=CC(C(NCc2ccncc2)c2ccccc2)(C(F)(F)F)NN1. The molecule has 2 unspecified atom stereocenters. The van der Waals surface area contributed by atoms with Gasteiger partial charge in [0.2, 0.25) is 0 Å². The smallest absolute Gasteiger partial charge is 0.364 e. The van der Waals surface area contributed by atoms with E-state index in [0.29, 0.717) is 5.56 Å². The van der Waals surface area contributed by atoms with Crippen LogP contribution >= 0.6 is 0 Å². The number of hydrazine groups is 1. The molecule has 0 aliphatic carbocycles. The van der Waals surface area contributed by atoms with E-state index in [2.05, 4.69) is 21.2 Å². The Hall–Kier alpha value is -2.91. The zero-order chi connectivity index (χ0) is 19.5. The summed E-state index contributed by atoms with van der Waals surface area (Å²) in [5.74, 6) is -0.977. The van der Waals surface area contributed by atoms with Gasteiger partial charge in [0.1, 0.15) is 5.70 Å². The first kappa shape index (κ1) is 18.9. The largest absolute Gasteiger partial charge is 0.413 e. The highest BCUT2D eigenvalue weighted by Crippen LogP contribution is 2.43. The van der Waals surface area contributed by atoms with Crippen LogP contribution in [-0.4, -0.2) is 22.6 Å². The number of hydrogen-bond acceptors (Lipinski definition) is 5. The topological polar surface area (TPSA) is 92.1 Å². The molecule has 0 saturated heterocycles. The van der Waals surface area contributed by atoms with E-state index in [1.54, 1.807) is 54.9 Å². The van der Waals surface area contributed by atoms with Crippen LogP contribution in [0.5, 0.6) is 0 Å². The number of hydrogen-bond donors (Lipinski definition) is 4. The number of pyridine rings is 1. The van der Waals surface area contributed by atoms with Gasteiger partial charge in [-0.3, -0.25) is 9.78 Å². The second kappa shape index (κ2) is 7.37. The van der Waals surface area contributed by atoms with Crippen molar-refractivity contribution in [2.45, 2.75) is 24.3 Å². The van der Waals surface area contributed by atoms with E-state index < -0.39 is 23.7 Å². The van der Waals surface area contributed by atoms with Crippen LogP contribution in [0.15, 0.2) is 66.6 Å². The van der Waals surface area contributed by atoms with Gasteiger partial charge in [-0.2, -0.15) is 13.2 Å². The minimum absolute atomic E-state index is 0.168. The van der Waals surface area contributed by atoms with Crippen LogP contribution in [0.25, 0.3) is 0 Å². The molecule has 2 heterocycles. The molecule has 142 valence electrons. The molecule has 1 amide bonds. The van der Waals surface area contributed by atoms with E-state index >= 15 is 0 Å². The van der Waals surface area contributed by atoms with Crippen molar-refractivity contribution in [1.29, 1.82) is 0 Å². The monoisotopic (exact) mass is 377 g/mol. The molecule has 0 fully saturated rings. The number of halogens is 3. The molecule has 3 rings (SSSR count). The Balaban J connectivity index is 2.03. The van der Waals surface area contributed by atoms with E-state index in [0.717, 1.165) is 11.6 Å². The minimum atomic E-state index is -4.72. The highest BCUT2D eigenvalue weighted by Gasteiger charge is 2.61. The maximum Gasteiger partial charge on any atom is 0.413 e. The molecule has 0 bridgehead atoms. The molecule has 1 aromatic carbocycles. The summed E-state index contributed by atoms with van der Waals surface area (Å²) in [6.07, 6.45) is -0.793. The van der Waals surface area contributed by atoms with Crippen molar-refractivity contribution >= 4 is 5.91 Å². The number of nitrogens with two attached hydrogens (primary N) is 1. The minimum Gasteiger partial charge on any atom is -0.364 e. The van der Waals surface area contributed by atoms with Crippen molar-refractivity contribution in [3.63, 3.8) is 0 Å². The number of alkyl halides is 3. The van der Waals surface area contributed by atoms with Crippen molar-refractivity contribution in [2.24, 2.45) is 5.73 Å². The van der Waals surface area contributed by atoms with Crippen LogP contribution in [0.2, 0.25) is 0 Å². The molecule has 2 atom stereocenters. The van der Waals surface area contributed by atoms with Crippen LogP contribution in [0.1, 0.15) is 17.2 Å². The molecule has 9 heteroatoms. The Morgan fingerprint density at radius 3 is 2.41 bits per heavy atom. The van der Waals surface area contributed by atoms with E-state index in [1.165, 1.54) is 0 Å². The second-order valence-electron chi connectivity index (χ2n) is 6.12. The van der Waals surface area contributed by atoms with Crippen molar-refractivity contribution in [1.82, 2.24) is 21.2 Å². The number of aromatic nitrogens is 1. The first-order chi connectivity index (χ1) is 12.8. The van der Waals surface area contributed by atoms with Crippen molar-refractivity contribution < 1.29 is 18.0 Å². The molecule has 0 radical (unpaired) electrons. The number of rotatable bonds is 6. The summed E-state index contributed by atoms with van der Waals surface area (Å²) in [7, 11) is 0. The highest BCUT2D eigenvalue weighted by molar-refractivity contribution is 5.92. The lowest BCUT2D eigenvalue weighted by Crippen LogP contribution is -2.62. The quantitative estimate of drug-likeness (QED) is 0.615. The first-order valence-electron chi connectivity index (χ1n) is 8.13. The van der Waals surface area contributed by atoms with Gasteiger partial charge in [-0.05, 0) is 29.3 Å². The number of benzene rings is 1. The predicted molar refractivity (Wildman–Crippen MR) is 92.6 cm³/mol. The third kappa shape index (κ3) is 3.79. The zero-order valence-electron chi connectivity index (χ0n) is 14.1. The molecule has 27 heavy (non-hydrogen) atoms. The molecule has 0 spiro atoms. The summed E-state index contributed by atoms with van der Waals surface area (Å²) in [6, 6.07) is 10.4. The van der Waals surface area contributed by atoms with E-state index in [-0.39, 0.29) is 12.2 Å². The summed E-state index contributed by atoms with van der Waals surface area (Å²) in [6.45, 7) is 0.168. The summed E-state index contributed by atoms with van der Waals surface area (Å²) >= 11 is 0. The van der Waals surface area contributed by atoms with Crippen molar-refractivity contribution in [3.8, 4) is 0 Å². The molecule has 1 aromatic heterocycles. The third-order valence-electron chi connectivity index (χ3n) is 4.36. The van der Waals surface area contributed by atoms with E-state index in [9.17, 15) is 18.0 Å². The molecular weight excluding hydrogens is 359 g/mol. The van der Waals surface area contributed by atoms with Gasteiger partial charge in [0, 0.05) is 18.9 Å². The van der Waals surface area contributed by atoms with Crippen LogP contribution in [0.4, 0.5) is 13.2 Å². The third-order valence-corrected chi connectivity index (χ3v) is 4.36. The van der Waals surface area contributed by atoms with Gasteiger partial charge in [0.25, 0.3) is 5.91 Å². The summed E-state index contributed by atoms with van der Waals surface area (Å²) in [5, 5.41) is 2.95. The molecular formula is C18H18F3N5O. The van der Waals surface area contributed by atoms with Crippen LogP contribution in [-0.2, 0) is 11.3 Å². The average Bonchev–Trinajstić information content (AvgIpc) is 3.11. The molecule has 6 nitrogen and oxygen atoms in total. The van der Waals surface area contributed by atoms with Gasteiger partial charge >= 0.3 is 6.18 Å². The second-order valence-corrected chi connectivity index (χ2v) is 6.12. The van der Waals surface area contributed by atoms with Crippen molar-refractivity contribution in [3.05, 3.63) is 77.8 Å². The van der Waals surface area contributed by atoms with Crippen molar-refractivity contribution in [2.75, 3.05) is 0 Å². The number of amides is 1. The summed E-state index contributed by atoms with van der Waals surface area (Å²) < 4.78 is 42.5. The zero-order valence-corrected chi connectivity index (χ0v) is 14.1. The first-order valence-corrected chi connectivity index (χ1v) is 8.13. The molecule has 1 aliphatic heterocycles. The molecule has 1 aliphatic rings. The fourth-order valence-corrected chi connectivity index (χ4v) is 2.98. The predicted octanol–water partition coefficient (Wildman–Crippen LogP) is 1.69. The van der Waals surface area contributed by atoms with Gasteiger partial charge in [0.15, 0.2) is 5.54 Å². The maximum atomic E-state index is 14.2. The Morgan fingerprint density at radius 2 is 1.85 bits per heavy atom. The average molecular weight is 377 g/mol. The number of carbonyl (C=O) groups is 1. The highest BCUT2D eigenvalue weighted by atomic mass is 19.4. The van der Waals surface area contributed by atoms with Crippen LogP contribution in [0, 0.1) is 0 Å². The lowest BCUT2D eigenvalue weighted by molar-refractivity contribution is -0.190. The molecule has 2 aromatic rings. The number of nitrogens with zero attached hydrogens (tertiary/aromatic N) is 1. The molecule has 0 saturated carbocycles. The van der Waals surface area contributed by atoms with Gasteiger partial charge in [-0.1, -0.05) is 30.3 Å². The fourth-order valence-electron chi connectivity index (χ4n) is 2.98. The Labute approximate surface area is 153 Å². The van der Waals surface area contributed by atoms with Gasteiger partial charge in [-0.25, -0.2) is 5.43 Å². The summed E-state index contributed by atoms with van der Waals surface area (Å²) in [4.78, 5) is 15.3. The van der Waals surface area contributed by atoms with Crippen LogP contribution < -0.4 is 21.9 Å². The van der Waals surface area contributed by atoms with Gasteiger partial charge in [-0.15, -0.1) is 0 Å². The Bertz CT molecular complexity index is 826. The van der Waals surface area contributed by atoms with Gasteiger partial charge < -0.3 is 16.5 Å². The molecule has 5 N–H and O–H groups in total. The van der Waals surface area contributed by atoms with E-state index in [1.807, 2.05) is 0 Å². The number of nitrogens with one attached hydrogen (secondary N) is 3. The summed E-state index contributed by atoms with van der Waals surface area (Å²) in [5.41, 5.74) is 7.94. The fraction of sp³-hybridized carbons (Fsp3) is 0.222. The lowest BCUT2D eigenvalue weighted by atomic mass is 9.84. The van der Waals surface area contributed by atoms with Gasteiger partial charge in [0.05, 0.1) is 6.04 Å². The maximum absolute atomic E-state index is 14.2.